The zero-order valence-electron chi connectivity index (χ0n) is 17.3. The number of benzene rings is 2. The molecule has 1 aliphatic heterocycles. The first-order valence-corrected chi connectivity index (χ1v) is 10.6. The highest BCUT2D eigenvalue weighted by molar-refractivity contribution is 5.79. The van der Waals surface area contributed by atoms with Gasteiger partial charge in [-0.2, -0.15) is 0 Å². The molecule has 1 saturated carbocycles. The minimum atomic E-state index is -1.02. The summed E-state index contributed by atoms with van der Waals surface area (Å²) in [6.45, 7) is 4.30. The van der Waals surface area contributed by atoms with Crippen LogP contribution in [0.2, 0.25) is 0 Å². The van der Waals surface area contributed by atoms with Gasteiger partial charge in [-0.05, 0) is 60.1 Å². The molecular formula is C24H29FN2O3. The standard InChI is InChI=1S/C24H29FN2O3/c1-16(28)24(29)26-11-17-2-4-18(5-3-17)12-27-13-20-8-9-21(30-15-19-6-7-19)10-22(20)23(25)14-27/h2-5,8-10,16,19,23,28H,6-7,11-15H2,1H3,(H,26,29). The largest absolute Gasteiger partial charge is 0.493 e. The molecule has 1 fully saturated rings. The van der Waals surface area contributed by atoms with E-state index in [1.807, 2.05) is 42.5 Å². The maximum Gasteiger partial charge on any atom is 0.248 e. The average molecular weight is 413 g/mol. The zero-order chi connectivity index (χ0) is 21.1. The molecule has 2 unspecified atom stereocenters. The highest BCUT2D eigenvalue weighted by Gasteiger charge is 2.26. The van der Waals surface area contributed by atoms with Crippen LogP contribution in [0.25, 0.3) is 0 Å². The number of halogens is 1. The number of nitrogens with one attached hydrogen (secondary N) is 1. The Bertz CT molecular complexity index is 881. The number of carbonyl (C=O) groups excluding carboxylic acids is 1. The van der Waals surface area contributed by atoms with Gasteiger partial charge in [0.25, 0.3) is 0 Å². The summed E-state index contributed by atoms with van der Waals surface area (Å²) in [6, 6.07) is 13.7. The molecule has 1 aliphatic carbocycles. The lowest BCUT2D eigenvalue weighted by molar-refractivity contribution is -0.128. The number of ether oxygens (including phenoxy) is 1. The zero-order valence-corrected chi connectivity index (χ0v) is 17.3. The van der Waals surface area contributed by atoms with E-state index in [-0.39, 0.29) is 5.91 Å². The van der Waals surface area contributed by atoms with Crippen molar-refractivity contribution < 1.29 is 19.0 Å². The van der Waals surface area contributed by atoms with E-state index in [1.54, 1.807) is 0 Å². The Balaban J connectivity index is 1.33. The SMILES string of the molecule is CC(O)C(=O)NCc1ccc(CN2Cc3ccc(OCC4CC4)cc3C(F)C2)cc1. The summed E-state index contributed by atoms with van der Waals surface area (Å²) in [5.41, 5.74) is 3.83. The van der Waals surface area contributed by atoms with E-state index in [0.717, 1.165) is 34.6 Å². The fourth-order valence-corrected chi connectivity index (χ4v) is 3.71. The predicted molar refractivity (Wildman–Crippen MR) is 113 cm³/mol. The minimum absolute atomic E-state index is 0.366. The summed E-state index contributed by atoms with van der Waals surface area (Å²) in [7, 11) is 0. The number of aliphatic hydroxyl groups excluding tert-OH is 1. The maximum atomic E-state index is 14.9. The van der Waals surface area contributed by atoms with E-state index in [1.165, 1.54) is 19.8 Å². The number of nitrogens with zero attached hydrogens (tertiary/aromatic N) is 1. The van der Waals surface area contributed by atoms with Gasteiger partial charge in [0.2, 0.25) is 5.91 Å². The van der Waals surface area contributed by atoms with Crippen molar-refractivity contribution in [2.45, 2.75) is 51.7 Å². The molecule has 0 aromatic heterocycles. The number of carbonyl (C=O) groups is 1. The van der Waals surface area contributed by atoms with Gasteiger partial charge in [-0.15, -0.1) is 0 Å². The number of hydrogen-bond acceptors (Lipinski definition) is 4. The summed E-state index contributed by atoms with van der Waals surface area (Å²) in [6.07, 6.45) is 0.445. The van der Waals surface area contributed by atoms with Crippen LogP contribution in [-0.4, -0.2) is 35.2 Å². The number of hydrogen-bond donors (Lipinski definition) is 2. The molecule has 2 aromatic rings. The van der Waals surface area contributed by atoms with Crippen LogP contribution >= 0.6 is 0 Å². The maximum absolute atomic E-state index is 14.9. The van der Waals surface area contributed by atoms with Crippen molar-refractivity contribution in [1.29, 1.82) is 0 Å². The van der Waals surface area contributed by atoms with Crippen molar-refractivity contribution in [1.82, 2.24) is 10.2 Å². The van der Waals surface area contributed by atoms with E-state index in [2.05, 4.69) is 10.2 Å². The first kappa shape index (κ1) is 20.8. The Morgan fingerprint density at radius 2 is 1.97 bits per heavy atom. The monoisotopic (exact) mass is 412 g/mol. The number of alkyl halides is 1. The van der Waals surface area contributed by atoms with Gasteiger partial charge in [0, 0.05) is 26.2 Å². The molecule has 4 rings (SSSR count). The average Bonchev–Trinajstić information content (AvgIpc) is 3.56. The first-order valence-electron chi connectivity index (χ1n) is 10.6. The first-order chi connectivity index (χ1) is 14.5. The number of aliphatic hydroxyl groups is 1. The second kappa shape index (κ2) is 9.14. The molecule has 2 aromatic carbocycles. The van der Waals surface area contributed by atoms with Gasteiger partial charge in [-0.1, -0.05) is 30.3 Å². The number of fused-ring (bicyclic) bond motifs is 1. The second-order valence-corrected chi connectivity index (χ2v) is 8.46. The third-order valence-corrected chi connectivity index (χ3v) is 5.73. The highest BCUT2D eigenvalue weighted by atomic mass is 19.1. The Morgan fingerprint density at radius 3 is 2.67 bits per heavy atom. The lowest BCUT2D eigenvalue weighted by Crippen LogP contribution is -2.32. The molecule has 0 bridgehead atoms. The Hall–Kier alpha value is -2.44. The lowest BCUT2D eigenvalue weighted by atomic mass is 9.97. The molecule has 160 valence electrons. The molecule has 0 radical (unpaired) electrons. The van der Waals surface area contributed by atoms with E-state index < -0.39 is 12.3 Å². The quantitative estimate of drug-likeness (QED) is 0.697. The van der Waals surface area contributed by atoms with Crippen LogP contribution in [0.3, 0.4) is 0 Å². The van der Waals surface area contributed by atoms with Gasteiger partial charge in [-0.25, -0.2) is 4.39 Å². The minimum Gasteiger partial charge on any atom is -0.493 e. The van der Waals surface area contributed by atoms with Crippen LogP contribution in [-0.2, 0) is 24.4 Å². The second-order valence-electron chi connectivity index (χ2n) is 8.46. The number of rotatable bonds is 8. The normalized spacial score (nSPS) is 19.8. The Kier molecular flexibility index (Phi) is 6.35. The van der Waals surface area contributed by atoms with Gasteiger partial charge in [-0.3, -0.25) is 9.69 Å². The molecule has 2 N–H and O–H groups in total. The van der Waals surface area contributed by atoms with Gasteiger partial charge < -0.3 is 15.2 Å². The Labute approximate surface area is 176 Å². The van der Waals surface area contributed by atoms with Gasteiger partial charge in [0.05, 0.1) is 6.61 Å². The van der Waals surface area contributed by atoms with E-state index in [4.69, 9.17) is 4.74 Å². The lowest BCUT2D eigenvalue weighted by Gasteiger charge is -2.31. The third-order valence-electron chi connectivity index (χ3n) is 5.73. The summed E-state index contributed by atoms with van der Waals surface area (Å²) in [4.78, 5) is 13.6. The van der Waals surface area contributed by atoms with Crippen molar-refractivity contribution in [3.8, 4) is 5.75 Å². The van der Waals surface area contributed by atoms with E-state index >= 15 is 0 Å². The van der Waals surface area contributed by atoms with Crippen molar-refractivity contribution in [3.63, 3.8) is 0 Å². The Morgan fingerprint density at radius 1 is 1.23 bits per heavy atom. The summed E-state index contributed by atoms with van der Waals surface area (Å²) in [5, 5.41) is 11.9. The summed E-state index contributed by atoms with van der Waals surface area (Å²) in [5.74, 6) is 1.06. The molecule has 6 heteroatoms. The van der Waals surface area contributed by atoms with Gasteiger partial charge in [0.1, 0.15) is 18.0 Å². The van der Waals surface area contributed by atoms with Gasteiger partial charge in [0.15, 0.2) is 0 Å². The van der Waals surface area contributed by atoms with Crippen LogP contribution in [0.15, 0.2) is 42.5 Å². The fourth-order valence-electron chi connectivity index (χ4n) is 3.71. The molecule has 2 aliphatic rings. The smallest absolute Gasteiger partial charge is 0.248 e. The third kappa shape index (κ3) is 5.37. The topological polar surface area (TPSA) is 61.8 Å². The van der Waals surface area contributed by atoms with E-state index in [9.17, 15) is 14.3 Å². The van der Waals surface area contributed by atoms with Crippen molar-refractivity contribution in [2.24, 2.45) is 5.92 Å². The van der Waals surface area contributed by atoms with Crippen LogP contribution in [0, 0.1) is 5.92 Å². The highest BCUT2D eigenvalue weighted by Crippen LogP contribution is 2.34. The molecule has 2 atom stereocenters. The number of amides is 1. The van der Waals surface area contributed by atoms with Gasteiger partial charge >= 0.3 is 0 Å². The van der Waals surface area contributed by atoms with Crippen LogP contribution in [0.5, 0.6) is 5.75 Å². The van der Waals surface area contributed by atoms with Crippen LogP contribution in [0.4, 0.5) is 4.39 Å². The van der Waals surface area contributed by atoms with Crippen LogP contribution in [0.1, 0.15) is 48.2 Å². The molecule has 0 saturated heterocycles. The molecule has 5 nitrogen and oxygen atoms in total. The summed E-state index contributed by atoms with van der Waals surface area (Å²) < 4.78 is 20.7. The molecule has 1 heterocycles. The molecular weight excluding hydrogens is 383 g/mol. The molecule has 30 heavy (non-hydrogen) atoms. The summed E-state index contributed by atoms with van der Waals surface area (Å²) >= 11 is 0. The van der Waals surface area contributed by atoms with Crippen molar-refractivity contribution in [3.05, 3.63) is 64.7 Å². The molecule has 0 spiro atoms. The molecule has 1 amide bonds. The van der Waals surface area contributed by atoms with Crippen molar-refractivity contribution in [2.75, 3.05) is 13.2 Å². The van der Waals surface area contributed by atoms with Crippen molar-refractivity contribution >= 4 is 5.91 Å². The predicted octanol–water partition coefficient (Wildman–Crippen LogP) is 3.50. The fraction of sp³-hybridized carbons (Fsp3) is 0.458. The van der Waals surface area contributed by atoms with E-state index in [0.29, 0.717) is 32.1 Å². The van der Waals surface area contributed by atoms with Crippen LogP contribution < -0.4 is 10.1 Å².